The molecule has 0 bridgehead atoms. The highest BCUT2D eigenvalue weighted by molar-refractivity contribution is 9.10. The fraction of sp³-hybridized carbons (Fsp3) is 0.333. The average molecular weight is 268 g/mol. The zero-order valence-corrected chi connectivity index (χ0v) is 9.36. The van der Waals surface area contributed by atoms with Crippen molar-refractivity contribution in [2.75, 3.05) is 6.61 Å². The first-order valence-corrected chi connectivity index (χ1v) is 4.99. The summed E-state index contributed by atoms with van der Waals surface area (Å²) in [6.45, 7) is 1.63. The van der Waals surface area contributed by atoms with Gasteiger partial charge in [-0.2, -0.15) is 0 Å². The average Bonchev–Trinajstić information content (AvgIpc) is 2.12. The summed E-state index contributed by atoms with van der Waals surface area (Å²) in [5, 5.41) is 8.98. The highest BCUT2D eigenvalue weighted by atomic mass is 79.9. The van der Waals surface area contributed by atoms with Gasteiger partial charge in [0.1, 0.15) is 5.82 Å². The normalized spacial score (nSPS) is 13.0. The van der Waals surface area contributed by atoms with Crippen LogP contribution in [-0.4, -0.2) is 11.7 Å². The summed E-state index contributed by atoms with van der Waals surface area (Å²) >= 11 is 8.82. The molecule has 4 heteroatoms. The zero-order chi connectivity index (χ0) is 10.0. The van der Waals surface area contributed by atoms with Crippen molar-refractivity contribution < 1.29 is 9.50 Å². The molecular weight excluding hydrogens is 258 g/mol. The minimum absolute atomic E-state index is 0.0819. The van der Waals surface area contributed by atoms with Crippen LogP contribution in [0.2, 0.25) is 5.02 Å². The summed E-state index contributed by atoms with van der Waals surface area (Å²) in [5.74, 6) is -0.717. The Morgan fingerprint density at radius 2 is 2.23 bits per heavy atom. The second-order valence-electron chi connectivity index (χ2n) is 2.84. The van der Waals surface area contributed by atoms with Crippen molar-refractivity contribution in [3.05, 3.63) is 33.0 Å². The SMILES string of the molecule is CC(CO)c1c(Br)ccc(Cl)c1F. The highest BCUT2D eigenvalue weighted by Gasteiger charge is 2.16. The van der Waals surface area contributed by atoms with E-state index in [2.05, 4.69) is 15.9 Å². The van der Waals surface area contributed by atoms with Gasteiger partial charge in [-0.15, -0.1) is 0 Å². The van der Waals surface area contributed by atoms with Crippen molar-refractivity contribution in [3.63, 3.8) is 0 Å². The van der Waals surface area contributed by atoms with Crippen LogP contribution in [0.1, 0.15) is 18.4 Å². The fourth-order valence-corrected chi connectivity index (χ4v) is 1.95. The second kappa shape index (κ2) is 4.40. The number of aliphatic hydroxyl groups is 1. The van der Waals surface area contributed by atoms with Gasteiger partial charge in [0.15, 0.2) is 0 Å². The molecule has 1 nitrogen and oxygen atoms in total. The Kier molecular flexibility index (Phi) is 3.71. The summed E-state index contributed by atoms with van der Waals surface area (Å²) in [7, 11) is 0. The van der Waals surface area contributed by atoms with Gasteiger partial charge in [0.05, 0.1) is 5.02 Å². The highest BCUT2D eigenvalue weighted by Crippen LogP contribution is 2.31. The van der Waals surface area contributed by atoms with Crippen molar-refractivity contribution in [3.8, 4) is 0 Å². The van der Waals surface area contributed by atoms with Crippen LogP contribution in [0.3, 0.4) is 0 Å². The van der Waals surface area contributed by atoms with Crippen molar-refractivity contribution in [2.45, 2.75) is 12.8 Å². The van der Waals surface area contributed by atoms with E-state index >= 15 is 0 Å². The van der Waals surface area contributed by atoms with E-state index in [0.717, 1.165) is 0 Å². The number of aliphatic hydroxyl groups excluding tert-OH is 1. The summed E-state index contributed by atoms with van der Waals surface area (Å²) < 4.78 is 14.1. The van der Waals surface area contributed by atoms with Crippen molar-refractivity contribution in [1.29, 1.82) is 0 Å². The largest absolute Gasteiger partial charge is 0.396 e. The molecule has 0 heterocycles. The quantitative estimate of drug-likeness (QED) is 0.815. The third-order valence-corrected chi connectivity index (χ3v) is 2.83. The van der Waals surface area contributed by atoms with Crippen molar-refractivity contribution in [2.24, 2.45) is 0 Å². The zero-order valence-electron chi connectivity index (χ0n) is 7.02. The maximum atomic E-state index is 13.4. The molecule has 0 radical (unpaired) electrons. The predicted octanol–water partition coefficient (Wildman–Crippen LogP) is 3.34. The smallest absolute Gasteiger partial charge is 0.146 e. The van der Waals surface area contributed by atoms with Gasteiger partial charge < -0.3 is 5.11 Å². The van der Waals surface area contributed by atoms with Crippen LogP contribution in [0, 0.1) is 5.82 Å². The number of halogens is 3. The molecule has 0 aliphatic carbocycles. The maximum absolute atomic E-state index is 13.4. The molecule has 0 spiro atoms. The molecule has 1 unspecified atom stereocenters. The van der Waals surface area contributed by atoms with Crippen LogP contribution in [0.15, 0.2) is 16.6 Å². The van der Waals surface area contributed by atoms with Crippen molar-refractivity contribution >= 4 is 27.5 Å². The molecule has 0 fully saturated rings. The first-order chi connectivity index (χ1) is 6.07. The van der Waals surface area contributed by atoms with E-state index in [1.807, 2.05) is 0 Å². The van der Waals surface area contributed by atoms with Crippen LogP contribution in [0.25, 0.3) is 0 Å². The molecule has 13 heavy (non-hydrogen) atoms. The maximum Gasteiger partial charge on any atom is 0.146 e. The molecule has 1 aromatic carbocycles. The third-order valence-electron chi connectivity index (χ3n) is 1.85. The van der Waals surface area contributed by atoms with Gasteiger partial charge in [0.25, 0.3) is 0 Å². The van der Waals surface area contributed by atoms with Gasteiger partial charge in [0.2, 0.25) is 0 Å². The molecule has 0 aromatic heterocycles. The molecule has 1 rings (SSSR count). The predicted molar refractivity (Wildman–Crippen MR) is 54.6 cm³/mol. The Bertz CT molecular complexity index is 317. The Hall–Kier alpha value is -0.120. The lowest BCUT2D eigenvalue weighted by molar-refractivity contribution is 0.270. The van der Waals surface area contributed by atoms with E-state index in [4.69, 9.17) is 16.7 Å². The lowest BCUT2D eigenvalue weighted by atomic mass is 10.0. The Balaban J connectivity index is 3.25. The van der Waals surface area contributed by atoms with E-state index in [0.29, 0.717) is 10.0 Å². The number of rotatable bonds is 2. The van der Waals surface area contributed by atoms with E-state index in [-0.39, 0.29) is 17.5 Å². The van der Waals surface area contributed by atoms with Crippen LogP contribution in [0.5, 0.6) is 0 Å². The first kappa shape index (κ1) is 11.0. The van der Waals surface area contributed by atoms with Crippen LogP contribution >= 0.6 is 27.5 Å². The standard InChI is InChI=1S/C9H9BrClFO/c1-5(4-13)8-6(10)2-3-7(11)9(8)12/h2-3,5,13H,4H2,1H3. The first-order valence-electron chi connectivity index (χ1n) is 3.82. The lowest BCUT2D eigenvalue weighted by Crippen LogP contribution is -2.03. The van der Waals surface area contributed by atoms with Crippen LogP contribution in [0.4, 0.5) is 4.39 Å². The summed E-state index contributed by atoms with van der Waals surface area (Å²) in [5.41, 5.74) is 0.426. The Labute approximate surface area is 89.7 Å². The molecule has 1 N–H and O–H groups in total. The second-order valence-corrected chi connectivity index (χ2v) is 4.10. The lowest BCUT2D eigenvalue weighted by Gasteiger charge is -2.12. The molecule has 1 aromatic rings. The van der Waals surface area contributed by atoms with Gasteiger partial charge in [0, 0.05) is 22.6 Å². The molecule has 0 saturated carbocycles. The van der Waals surface area contributed by atoms with Crippen molar-refractivity contribution in [1.82, 2.24) is 0 Å². The third kappa shape index (κ3) is 2.22. The van der Waals surface area contributed by atoms with Gasteiger partial charge in [-0.05, 0) is 12.1 Å². The molecule has 72 valence electrons. The van der Waals surface area contributed by atoms with E-state index in [1.165, 1.54) is 6.07 Å². The minimum atomic E-state index is -0.461. The molecule has 0 aliphatic rings. The summed E-state index contributed by atoms with van der Waals surface area (Å²) in [6.07, 6.45) is 0. The van der Waals surface area contributed by atoms with Gasteiger partial charge in [-0.1, -0.05) is 34.5 Å². The molecule has 0 amide bonds. The van der Waals surface area contributed by atoms with E-state index in [1.54, 1.807) is 13.0 Å². The molecule has 1 atom stereocenters. The Morgan fingerprint density at radius 3 is 2.77 bits per heavy atom. The number of hydrogen-bond acceptors (Lipinski definition) is 1. The summed E-state index contributed by atoms with van der Waals surface area (Å²) in [4.78, 5) is 0. The topological polar surface area (TPSA) is 20.2 Å². The Morgan fingerprint density at radius 1 is 1.62 bits per heavy atom. The molecule has 0 aliphatic heterocycles. The summed E-state index contributed by atoms with van der Waals surface area (Å²) in [6, 6.07) is 3.15. The molecular formula is C9H9BrClFO. The van der Waals surface area contributed by atoms with E-state index in [9.17, 15) is 4.39 Å². The van der Waals surface area contributed by atoms with Gasteiger partial charge in [-0.3, -0.25) is 0 Å². The monoisotopic (exact) mass is 266 g/mol. The number of hydrogen-bond donors (Lipinski definition) is 1. The molecule has 0 saturated heterocycles. The minimum Gasteiger partial charge on any atom is -0.396 e. The van der Waals surface area contributed by atoms with Crippen LogP contribution < -0.4 is 0 Å². The van der Waals surface area contributed by atoms with Gasteiger partial charge in [-0.25, -0.2) is 4.39 Å². The van der Waals surface area contributed by atoms with Crippen LogP contribution in [-0.2, 0) is 0 Å². The fourth-order valence-electron chi connectivity index (χ4n) is 1.09. The number of benzene rings is 1. The van der Waals surface area contributed by atoms with E-state index < -0.39 is 5.82 Å². The van der Waals surface area contributed by atoms with Gasteiger partial charge >= 0.3 is 0 Å².